The number of aryl methyl sites for hydroxylation is 2. The summed E-state index contributed by atoms with van der Waals surface area (Å²) >= 11 is 0. The number of carbonyl (C=O) groups is 1. The molecule has 0 spiro atoms. The Balaban J connectivity index is 1.75. The first-order valence-electron chi connectivity index (χ1n) is 10.2. The van der Waals surface area contributed by atoms with Gasteiger partial charge in [0, 0.05) is 19.1 Å². The van der Waals surface area contributed by atoms with Crippen molar-refractivity contribution in [1.82, 2.24) is 10.2 Å². The molecule has 146 valence electrons. The van der Waals surface area contributed by atoms with Gasteiger partial charge >= 0.3 is 0 Å². The van der Waals surface area contributed by atoms with Crippen molar-refractivity contribution in [3.05, 3.63) is 28.8 Å². The number of benzene rings is 1. The molecule has 4 heteroatoms. The van der Waals surface area contributed by atoms with Crippen LogP contribution < -0.4 is 10.1 Å². The fourth-order valence-electron chi connectivity index (χ4n) is 3.82. The molecule has 0 unspecified atom stereocenters. The first-order chi connectivity index (χ1) is 12.4. The maximum atomic E-state index is 12.4. The van der Waals surface area contributed by atoms with Crippen LogP contribution in [0.2, 0.25) is 0 Å². The van der Waals surface area contributed by atoms with Gasteiger partial charge < -0.3 is 15.0 Å². The van der Waals surface area contributed by atoms with E-state index in [0.717, 1.165) is 35.9 Å². The topological polar surface area (TPSA) is 41.6 Å². The van der Waals surface area contributed by atoms with Crippen molar-refractivity contribution in [2.75, 3.05) is 19.6 Å². The van der Waals surface area contributed by atoms with Crippen molar-refractivity contribution in [2.45, 2.75) is 78.9 Å². The Hall–Kier alpha value is -1.55. The van der Waals surface area contributed by atoms with Gasteiger partial charge in [0.15, 0.2) is 6.10 Å². The molecule has 1 amide bonds. The van der Waals surface area contributed by atoms with Gasteiger partial charge in [-0.3, -0.25) is 4.79 Å². The van der Waals surface area contributed by atoms with Crippen LogP contribution in [0.4, 0.5) is 0 Å². The minimum Gasteiger partial charge on any atom is -0.481 e. The Morgan fingerprint density at radius 3 is 2.81 bits per heavy atom. The first kappa shape index (κ1) is 20.8. The van der Waals surface area contributed by atoms with Crippen LogP contribution in [0.5, 0.6) is 5.75 Å². The molecule has 1 aromatic rings. The zero-order chi connectivity index (χ0) is 19.1. The lowest BCUT2D eigenvalue weighted by Gasteiger charge is -2.35. The molecular formula is C22H36N2O2. The predicted molar refractivity (Wildman–Crippen MR) is 108 cm³/mol. The molecule has 1 aliphatic heterocycles. The van der Waals surface area contributed by atoms with Gasteiger partial charge in [0.05, 0.1) is 0 Å². The molecule has 1 saturated heterocycles. The zero-order valence-corrected chi connectivity index (χ0v) is 17.2. The van der Waals surface area contributed by atoms with Crippen molar-refractivity contribution in [3.63, 3.8) is 0 Å². The predicted octanol–water partition coefficient (Wildman–Crippen LogP) is 4.15. The molecule has 1 fully saturated rings. The number of amides is 1. The standard InChI is InChI=1S/C22H36N2O2/c1-6-20-10-7-8-12-24(20)13-9-11-23-22(25)19(5)26-21-15-16(2)14-17(3)18(21)4/h14-15,19-20H,6-13H2,1-5H3,(H,23,25)/t19-,20+/m0/s1. The Morgan fingerprint density at radius 1 is 1.31 bits per heavy atom. The summed E-state index contributed by atoms with van der Waals surface area (Å²) in [7, 11) is 0. The number of nitrogens with one attached hydrogen (secondary N) is 1. The highest BCUT2D eigenvalue weighted by Crippen LogP contribution is 2.24. The number of nitrogens with zero attached hydrogens (tertiary/aromatic N) is 1. The minimum absolute atomic E-state index is 0.0331. The largest absolute Gasteiger partial charge is 0.481 e. The summed E-state index contributed by atoms with van der Waals surface area (Å²) in [5, 5.41) is 3.03. The van der Waals surface area contributed by atoms with Gasteiger partial charge in [-0.2, -0.15) is 0 Å². The van der Waals surface area contributed by atoms with Crippen molar-refractivity contribution in [2.24, 2.45) is 0 Å². The molecule has 1 N–H and O–H groups in total. The molecule has 0 aliphatic carbocycles. The van der Waals surface area contributed by atoms with Crippen LogP contribution in [-0.2, 0) is 4.79 Å². The van der Waals surface area contributed by atoms with Crippen LogP contribution in [0.15, 0.2) is 12.1 Å². The highest BCUT2D eigenvalue weighted by atomic mass is 16.5. The lowest BCUT2D eigenvalue weighted by atomic mass is 10.00. The summed E-state index contributed by atoms with van der Waals surface area (Å²) in [6.45, 7) is 13.3. The second-order valence-corrected chi connectivity index (χ2v) is 7.70. The minimum atomic E-state index is -0.478. The van der Waals surface area contributed by atoms with Crippen LogP contribution in [0.3, 0.4) is 0 Å². The summed E-state index contributed by atoms with van der Waals surface area (Å²) in [6.07, 6.45) is 5.74. The van der Waals surface area contributed by atoms with E-state index in [1.807, 2.05) is 26.8 Å². The van der Waals surface area contributed by atoms with Crippen molar-refractivity contribution in [3.8, 4) is 5.75 Å². The van der Waals surface area contributed by atoms with E-state index in [2.05, 4.69) is 30.1 Å². The monoisotopic (exact) mass is 360 g/mol. The molecule has 2 rings (SSSR count). The second-order valence-electron chi connectivity index (χ2n) is 7.70. The number of carbonyl (C=O) groups excluding carboxylic acids is 1. The number of rotatable bonds is 8. The van der Waals surface area contributed by atoms with E-state index in [1.165, 1.54) is 37.8 Å². The van der Waals surface area contributed by atoms with Crippen LogP contribution in [0.1, 0.15) is 62.6 Å². The van der Waals surface area contributed by atoms with Gasteiger partial charge in [-0.05, 0) is 82.7 Å². The first-order valence-corrected chi connectivity index (χ1v) is 10.2. The Morgan fingerprint density at radius 2 is 2.08 bits per heavy atom. The molecule has 2 atom stereocenters. The quantitative estimate of drug-likeness (QED) is 0.708. The maximum absolute atomic E-state index is 12.4. The van der Waals surface area contributed by atoms with E-state index < -0.39 is 6.10 Å². The third kappa shape index (κ3) is 5.73. The average molecular weight is 361 g/mol. The summed E-state index contributed by atoms with van der Waals surface area (Å²) in [6, 6.07) is 4.87. The van der Waals surface area contributed by atoms with E-state index in [4.69, 9.17) is 4.74 Å². The average Bonchev–Trinajstić information content (AvgIpc) is 2.62. The number of piperidine rings is 1. The molecular weight excluding hydrogens is 324 g/mol. The van der Waals surface area contributed by atoms with E-state index in [0.29, 0.717) is 6.54 Å². The van der Waals surface area contributed by atoms with Crippen molar-refractivity contribution >= 4 is 5.91 Å². The Kier molecular flexibility index (Phi) is 7.95. The molecule has 4 nitrogen and oxygen atoms in total. The van der Waals surface area contributed by atoms with Gasteiger partial charge in [0.25, 0.3) is 5.91 Å². The lowest BCUT2D eigenvalue weighted by Crippen LogP contribution is -2.41. The van der Waals surface area contributed by atoms with Gasteiger partial charge in [-0.1, -0.05) is 19.4 Å². The van der Waals surface area contributed by atoms with Crippen molar-refractivity contribution < 1.29 is 9.53 Å². The maximum Gasteiger partial charge on any atom is 0.260 e. The third-order valence-electron chi connectivity index (χ3n) is 5.58. The molecule has 1 heterocycles. The third-order valence-corrected chi connectivity index (χ3v) is 5.58. The van der Waals surface area contributed by atoms with E-state index >= 15 is 0 Å². The fourth-order valence-corrected chi connectivity index (χ4v) is 3.82. The van der Waals surface area contributed by atoms with E-state index in [9.17, 15) is 4.79 Å². The molecule has 0 radical (unpaired) electrons. The molecule has 0 aromatic heterocycles. The zero-order valence-electron chi connectivity index (χ0n) is 17.2. The van der Waals surface area contributed by atoms with Crippen molar-refractivity contribution in [1.29, 1.82) is 0 Å². The van der Waals surface area contributed by atoms with Crippen LogP contribution >= 0.6 is 0 Å². The fraction of sp³-hybridized carbons (Fsp3) is 0.682. The van der Waals surface area contributed by atoms with E-state index in [-0.39, 0.29) is 5.91 Å². The SMILES string of the molecule is CC[C@@H]1CCCCN1CCCNC(=O)[C@H](C)Oc1cc(C)cc(C)c1C. The van der Waals surface area contributed by atoms with Crippen LogP contribution in [0.25, 0.3) is 0 Å². The van der Waals surface area contributed by atoms with Gasteiger partial charge in [-0.15, -0.1) is 0 Å². The summed E-state index contributed by atoms with van der Waals surface area (Å²) in [5.41, 5.74) is 3.45. The molecule has 1 aliphatic rings. The number of ether oxygens (including phenoxy) is 1. The smallest absolute Gasteiger partial charge is 0.260 e. The highest BCUT2D eigenvalue weighted by molar-refractivity contribution is 5.80. The summed E-state index contributed by atoms with van der Waals surface area (Å²) in [4.78, 5) is 14.9. The highest BCUT2D eigenvalue weighted by Gasteiger charge is 2.20. The number of likely N-dealkylation sites (tertiary alicyclic amines) is 1. The molecule has 0 saturated carbocycles. The summed E-state index contributed by atoms with van der Waals surface area (Å²) in [5.74, 6) is 0.776. The molecule has 26 heavy (non-hydrogen) atoms. The normalized spacial score (nSPS) is 19.2. The molecule has 0 bridgehead atoms. The summed E-state index contributed by atoms with van der Waals surface area (Å²) < 4.78 is 5.93. The Labute approximate surface area is 159 Å². The van der Waals surface area contributed by atoms with Gasteiger partial charge in [0.1, 0.15) is 5.75 Å². The van der Waals surface area contributed by atoms with Gasteiger partial charge in [0.2, 0.25) is 0 Å². The number of hydrogen-bond acceptors (Lipinski definition) is 3. The second kappa shape index (κ2) is 9.96. The lowest BCUT2D eigenvalue weighted by molar-refractivity contribution is -0.127. The van der Waals surface area contributed by atoms with Crippen LogP contribution in [0, 0.1) is 20.8 Å². The van der Waals surface area contributed by atoms with Gasteiger partial charge in [-0.25, -0.2) is 0 Å². The Bertz CT molecular complexity index is 600. The molecule has 1 aromatic carbocycles. The number of hydrogen-bond donors (Lipinski definition) is 1. The van der Waals surface area contributed by atoms with E-state index in [1.54, 1.807) is 0 Å². The van der Waals surface area contributed by atoms with Crippen LogP contribution in [-0.4, -0.2) is 42.6 Å².